The third kappa shape index (κ3) is 2.03. The van der Waals surface area contributed by atoms with Crippen LogP contribution in [-0.2, 0) is 4.79 Å². The molecule has 86 valence electrons. The lowest BCUT2D eigenvalue weighted by Gasteiger charge is -2.37. The summed E-state index contributed by atoms with van der Waals surface area (Å²) in [7, 11) is 0. The Balaban J connectivity index is 1.97. The number of nitrogens with two attached hydrogens (primary N) is 1. The van der Waals surface area contributed by atoms with E-state index in [4.69, 9.17) is 5.73 Å². The van der Waals surface area contributed by atoms with Crippen LogP contribution < -0.4 is 5.73 Å². The molecule has 0 bridgehead atoms. The van der Waals surface area contributed by atoms with Gasteiger partial charge in [-0.15, -0.1) is 0 Å². The van der Waals surface area contributed by atoms with Crippen LogP contribution in [0.15, 0.2) is 0 Å². The van der Waals surface area contributed by atoms with Gasteiger partial charge in [0.2, 0.25) is 5.91 Å². The number of likely N-dealkylation sites (tertiary alicyclic amines) is 1. The average molecular weight is 210 g/mol. The van der Waals surface area contributed by atoms with E-state index in [9.17, 15) is 4.79 Å². The molecule has 1 aliphatic carbocycles. The van der Waals surface area contributed by atoms with Crippen molar-refractivity contribution in [3.05, 3.63) is 0 Å². The molecule has 0 radical (unpaired) electrons. The highest BCUT2D eigenvalue weighted by atomic mass is 16.2. The van der Waals surface area contributed by atoms with Crippen molar-refractivity contribution in [2.45, 2.75) is 45.1 Å². The highest BCUT2D eigenvalue weighted by Crippen LogP contribution is 2.37. The number of amides is 1. The maximum atomic E-state index is 12.1. The molecule has 2 N–H and O–H groups in total. The van der Waals surface area contributed by atoms with Crippen LogP contribution in [0.3, 0.4) is 0 Å². The smallest absolute Gasteiger partial charge is 0.226 e. The number of hydrogen-bond acceptors (Lipinski definition) is 2. The standard InChI is InChI=1S/C12H22N2O/c1-9(8-13)12(15)14-7-3-6-11(14)10-4-2-5-10/h9-11H,2-8,13H2,1H3. The maximum absolute atomic E-state index is 12.1. The normalized spacial score (nSPS) is 28.9. The fraction of sp³-hybridized carbons (Fsp3) is 0.917. The van der Waals surface area contributed by atoms with E-state index in [0.717, 1.165) is 12.5 Å². The molecule has 0 aromatic carbocycles. The summed E-state index contributed by atoms with van der Waals surface area (Å²) in [6.45, 7) is 3.38. The first-order chi connectivity index (χ1) is 7.24. The Morgan fingerprint density at radius 2 is 2.13 bits per heavy atom. The van der Waals surface area contributed by atoms with Crippen molar-refractivity contribution in [3.63, 3.8) is 0 Å². The van der Waals surface area contributed by atoms with Gasteiger partial charge in [0.05, 0.1) is 0 Å². The second kappa shape index (κ2) is 4.52. The molecule has 1 heterocycles. The van der Waals surface area contributed by atoms with E-state index in [0.29, 0.717) is 12.6 Å². The molecule has 2 atom stereocenters. The fourth-order valence-corrected chi connectivity index (χ4v) is 2.76. The van der Waals surface area contributed by atoms with Crippen LogP contribution >= 0.6 is 0 Å². The molecule has 0 spiro atoms. The summed E-state index contributed by atoms with van der Waals surface area (Å²) in [5.74, 6) is 1.08. The predicted molar refractivity (Wildman–Crippen MR) is 60.3 cm³/mol. The topological polar surface area (TPSA) is 46.3 Å². The molecule has 15 heavy (non-hydrogen) atoms. The monoisotopic (exact) mass is 210 g/mol. The Morgan fingerprint density at radius 3 is 2.67 bits per heavy atom. The summed E-state index contributed by atoms with van der Waals surface area (Å²) in [6.07, 6.45) is 6.41. The zero-order valence-corrected chi connectivity index (χ0v) is 9.61. The molecule has 3 nitrogen and oxygen atoms in total. The van der Waals surface area contributed by atoms with Crippen molar-refractivity contribution < 1.29 is 4.79 Å². The molecule has 2 unspecified atom stereocenters. The molecule has 1 saturated carbocycles. The average Bonchev–Trinajstić information content (AvgIpc) is 2.61. The minimum atomic E-state index is 0.00526. The van der Waals surface area contributed by atoms with Crippen molar-refractivity contribution in [3.8, 4) is 0 Å². The van der Waals surface area contributed by atoms with Gasteiger partial charge in [0.25, 0.3) is 0 Å². The van der Waals surface area contributed by atoms with Crippen molar-refractivity contribution in [2.24, 2.45) is 17.6 Å². The molecule has 3 heteroatoms. The molecule has 2 aliphatic rings. The van der Waals surface area contributed by atoms with E-state index in [1.165, 1.54) is 32.1 Å². The van der Waals surface area contributed by atoms with Gasteiger partial charge in [-0.3, -0.25) is 4.79 Å². The van der Waals surface area contributed by atoms with Gasteiger partial charge in [0.15, 0.2) is 0 Å². The summed E-state index contributed by atoms with van der Waals surface area (Å²) in [4.78, 5) is 14.2. The first-order valence-corrected chi connectivity index (χ1v) is 6.24. The molecule has 1 saturated heterocycles. The number of hydrogen-bond donors (Lipinski definition) is 1. The second-order valence-electron chi connectivity index (χ2n) is 5.07. The van der Waals surface area contributed by atoms with Gasteiger partial charge in [-0.1, -0.05) is 13.3 Å². The lowest BCUT2D eigenvalue weighted by Crippen LogP contribution is -2.45. The summed E-state index contributed by atoms with van der Waals surface area (Å²) in [5, 5.41) is 0. The Morgan fingerprint density at radius 1 is 1.40 bits per heavy atom. The van der Waals surface area contributed by atoms with Gasteiger partial charge in [-0.25, -0.2) is 0 Å². The first-order valence-electron chi connectivity index (χ1n) is 6.24. The van der Waals surface area contributed by atoms with Crippen LogP contribution in [0.2, 0.25) is 0 Å². The molecular weight excluding hydrogens is 188 g/mol. The van der Waals surface area contributed by atoms with Gasteiger partial charge in [-0.2, -0.15) is 0 Å². The quantitative estimate of drug-likeness (QED) is 0.764. The Kier molecular flexibility index (Phi) is 3.29. The summed E-state index contributed by atoms with van der Waals surface area (Å²) >= 11 is 0. The first kappa shape index (κ1) is 10.9. The van der Waals surface area contributed by atoms with E-state index in [-0.39, 0.29) is 11.8 Å². The van der Waals surface area contributed by atoms with Gasteiger partial charge < -0.3 is 10.6 Å². The van der Waals surface area contributed by atoms with E-state index < -0.39 is 0 Å². The van der Waals surface area contributed by atoms with E-state index in [1.54, 1.807) is 0 Å². The third-order valence-electron chi connectivity index (χ3n) is 4.05. The molecule has 2 fully saturated rings. The van der Waals surface area contributed by atoms with Crippen LogP contribution in [-0.4, -0.2) is 29.9 Å². The van der Waals surface area contributed by atoms with Crippen molar-refractivity contribution in [1.82, 2.24) is 4.90 Å². The Hall–Kier alpha value is -0.570. The van der Waals surface area contributed by atoms with E-state index >= 15 is 0 Å². The van der Waals surface area contributed by atoms with Gasteiger partial charge in [0.1, 0.15) is 0 Å². The lowest BCUT2D eigenvalue weighted by atomic mass is 9.78. The highest BCUT2D eigenvalue weighted by Gasteiger charge is 2.38. The van der Waals surface area contributed by atoms with Gasteiger partial charge in [0, 0.05) is 25.0 Å². The Bertz CT molecular complexity index is 238. The second-order valence-corrected chi connectivity index (χ2v) is 5.07. The minimum Gasteiger partial charge on any atom is -0.339 e. The minimum absolute atomic E-state index is 0.00526. The third-order valence-corrected chi connectivity index (χ3v) is 4.05. The van der Waals surface area contributed by atoms with Crippen LogP contribution in [0.5, 0.6) is 0 Å². The molecule has 0 aromatic heterocycles. The Labute approximate surface area is 92.0 Å². The molecule has 0 aromatic rings. The number of carbonyl (C=O) groups is 1. The predicted octanol–water partition coefficient (Wildman–Crippen LogP) is 1.37. The molecular formula is C12H22N2O. The summed E-state index contributed by atoms with van der Waals surface area (Å²) in [6, 6.07) is 0.542. The van der Waals surface area contributed by atoms with Crippen molar-refractivity contribution in [2.75, 3.05) is 13.1 Å². The number of carbonyl (C=O) groups excluding carboxylic acids is 1. The van der Waals surface area contributed by atoms with Crippen LogP contribution in [0.1, 0.15) is 39.0 Å². The lowest BCUT2D eigenvalue weighted by molar-refractivity contribution is -0.137. The largest absolute Gasteiger partial charge is 0.339 e. The molecule has 1 aliphatic heterocycles. The van der Waals surface area contributed by atoms with Gasteiger partial charge >= 0.3 is 0 Å². The summed E-state index contributed by atoms with van der Waals surface area (Å²) in [5.41, 5.74) is 5.56. The number of rotatable bonds is 3. The van der Waals surface area contributed by atoms with Crippen molar-refractivity contribution in [1.29, 1.82) is 0 Å². The van der Waals surface area contributed by atoms with Gasteiger partial charge in [-0.05, 0) is 31.6 Å². The summed E-state index contributed by atoms with van der Waals surface area (Å²) < 4.78 is 0. The zero-order valence-electron chi connectivity index (χ0n) is 9.61. The maximum Gasteiger partial charge on any atom is 0.226 e. The van der Waals surface area contributed by atoms with Crippen LogP contribution in [0, 0.1) is 11.8 Å². The van der Waals surface area contributed by atoms with Crippen molar-refractivity contribution >= 4 is 5.91 Å². The van der Waals surface area contributed by atoms with Crippen LogP contribution in [0.4, 0.5) is 0 Å². The molecule has 1 amide bonds. The zero-order chi connectivity index (χ0) is 10.8. The number of nitrogens with zero attached hydrogens (tertiary/aromatic N) is 1. The van der Waals surface area contributed by atoms with Crippen LogP contribution in [0.25, 0.3) is 0 Å². The van der Waals surface area contributed by atoms with E-state index in [1.807, 2.05) is 6.92 Å². The SMILES string of the molecule is CC(CN)C(=O)N1CCCC1C1CCC1. The molecule has 2 rings (SSSR count). The fourth-order valence-electron chi connectivity index (χ4n) is 2.76. The highest BCUT2D eigenvalue weighted by molar-refractivity contribution is 5.79. The van der Waals surface area contributed by atoms with E-state index in [2.05, 4.69) is 4.90 Å².